The smallest absolute Gasteiger partial charge is 0.367 e. The van der Waals surface area contributed by atoms with Gasteiger partial charge in [0.25, 0.3) is 0 Å². The van der Waals surface area contributed by atoms with Gasteiger partial charge in [0.1, 0.15) is 0 Å². The van der Waals surface area contributed by atoms with E-state index in [0.717, 1.165) is 26.3 Å². The highest BCUT2D eigenvalue weighted by atomic mass is 19.4. The Balaban J connectivity index is 3.79. The number of nitrogens with one attached hydrogen (secondary N) is 1. The van der Waals surface area contributed by atoms with Crippen LogP contribution in [0.2, 0.25) is 0 Å². The fraction of sp³-hybridized carbons (Fsp3) is 1.00. The van der Waals surface area contributed by atoms with E-state index in [1.54, 1.807) is 0 Å². The van der Waals surface area contributed by atoms with Crippen molar-refractivity contribution in [2.24, 2.45) is 0 Å². The molecule has 2 atom stereocenters. The zero-order chi connectivity index (χ0) is 11.9. The molecular formula is C10H20F3NO. The Bertz CT molecular complexity index is 161. The van der Waals surface area contributed by atoms with Gasteiger partial charge in [-0.3, -0.25) is 0 Å². The maximum absolute atomic E-state index is 12.1. The molecule has 0 heterocycles. The zero-order valence-corrected chi connectivity index (χ0v) is 9.53. The van der Waals surface area contributed by atoms with E-state index in [0.29, 0.717) is 0 Å². The van der Waals surface area contributed by atoms with Crippen molar-refractivity contribution in [1.82, 2.24) is 5.32 Å². The molecule has 92 valence electrons. The topological polar surface area (TPSA) is 21.3 Å². The summed E-state index contributed by atoms with van der Waals surface area (Å²) in [6, 6.07) is 0.00903. The van der Waals surface area contributed by atoms with Crippen LogP contribution in [0, 0.1) is 0 Å². The Morgan fingerprint density at radius 1 is 1.27 bits per heavy atom. The molecule has 0 aliphatic rings. The number of alkyl halides is 3. The lowest BCUT2D eigenvalue weighted by Crippen LogP contribution is -2.37. The van der Waals surface area contributed by atoms with E-state index in [1.807, 2.05) is 13.8 Å². The summed E-state index contributed by atoms with van der Waals surface area (Å²) in [6.45, 7) is 5.89. The summed E-state index contributed by atoms with van der Waals surface area (Å²) in [4.78, 5) is 0. The van der Waals surface area contributed by atoms with Crippen LogP contribution in [0.5, 0.6) is 0 Å². The van der Waals surface area contributed by atoms with Gasteiger partial charge >= 0.3 is 6.18 Å². The summed E-state index contributed by atoms with van der Waals surface area (Å²) in [6.07, 6.45) is -4.21. The van der Waals surface area contributed by atoms with Crippen LogP contribution in [0.15, 0.2) is 0 Å². The third-order valence-electron chi connectivity index (χ3n) is 2.18. The van der Waals surface area contributed by atoms with Gasteiger partial charge in [-0.15, -0.1) is 0 Å². The molecule has 0 radical (unpaired) electrons. The molecule has 2 unspecified atom stereocenters. The molecule has 0 saturated carbocycles. The van der Waals surface area contributed by atoms with E-state index in [1.165, 1.54) is 0 Å². The predicted molar refractivity (Wildman–Crippen MR) is 53.8 cm³/mol. The number of hydrogen-bond donors (Lipinski definition) is 1. The minimum absolute atomic E-state index is 0.00903. The minimum Gasteiger partial charge on any atom is -0.367 e. The highest BCUT2D eigenvalue weighted by Gasteiger charge is 2.37. The van der Waals surface area contributed by atoms with E-state index in [-0.39, 0.29) is 12.6 Å². The molecule has 0 aromatic heterocycles. The van der Waals surface area contributed by atoms with E-state index in [4.69, 9.17) is 4.74 Å². The Kier molecular flexibility index (Phi) is 6.92. The lowest BCUT2D eigenvalue weighted by molar-refractivity contribution is -0.215. The summed E-state index contributed by atoms with van der Waals surface area (Å²) in [5, 5.41) is 3.13. The van der Waals surface area contributed by atoms with Crippen molar-refractivity contribution in [2.45, 2.75) is 51.9 Å². The summed E-state index contributed by atoms with van der Waals surface area (Å²) < 4.78 is 41.1. The Hall–Kier alpha value is -0.290. The summed E-state index contributed by atoms with van der Waals surface area (Å²) >= 11 is 0. The summed E-state index contributed by atoms with van der Waals surface area (Å²) in [5.74, 6) is 0. The second kappa shape index (κ2) is 7.06. The van der Waals surface area contributed by atoms with Crippen molar-refractivity contribution in [1.29, 1.82) is 0 Å². The van der Waals surface area contributed by atoms with Crippen LogP contribution in [0.25, 0.3) is 0 Å². The SMILES string of the molecule is CCCNC(CC)COC(C)C(F)(F)F. The van der Waals surface area contributed by atoms with Gasteiger partial charge in [0.05, 0.1) is 6.61 Å². The van der Waals surface area contributed by atoms with Gasteiger partial charge < -0.3 is 10.1 Å². The van der Waals surface area contributed by atoms with Crippen LogP contribution in [-0.4, -0.2) is 31.5 Å². The van der Waals surface area contributed by atoms with Crippen molar-refractivity contribution in [2.75, 3.05) is 13.2 Å². The van der Waals surface area contributed by atoms with Crippen LogP contribution >= 0.6 is 0 Å². The van der Waals surface area contributed by atoms with Crippen LogP contribution in [-0.2, 0) is 4.74 Å². The average molecular weight is 227 g/mol. The van der Waals surface area contributed by atoms with Gasteiger partial charge in [-0.25, -0.2) is 0 Å². The Labute approximate surface area is 89.2 Å². The molecule has 0 aromatic rings. The van der Waals surface area contributed by atoms with Gasteiger partial charge in [0.15, 0.2) is 6.10 Å². The van der Waals surface area contributed by atoms with Crippen LogP contribution in [0.4, 0.5) is 13.2 Å². The molecule has 15 heavy (non-hydrogen) atoms. The highest BCUT2D eigenvalue weighted by molar-refractivity contribution is 4.67. The molecule has 0 rings (SSSR count). The third kappa shape index (κ3) is 6.73. The largest absolute Gasteiger partial charge is 0.414 e. The third-order valence-corrected chi connectivity index (χ3v) is 2.18. The Morgan fingerprint density at radius 2 is 1.87 bits per heavy atom. The fourth-order valence-corrected chi connectivity index (χ4v) is 1.02. The normalized spacial score (nSPS) is 16.4. The van der Waals surface area contributed by atoms with Crippen LogP contribution in [0.3, 0.4) is 0 Å². The van der Waals surface area contributed by atoms with Crippen LogP contribution < -0.4 is 5.32 Å². The molecule has 2 nitrogen and oxygen atoms in total. The van der Waals surface area contributed by atoms with E-state index >= 15 is 0 Å². The molecule has 0 saturated heterocycles. The van der Waals surface area contributed by atoms with E-state index in [2.05, 4.69) is 5.32 Å². The highest BCUT2D eigenvalue weighted by Crippen LogP contribution is 2.22. The lowest BCUT2D eigenvalue weighted by Gasteiger charge is -2.21. The van der Waals surface area contributed by atoms with Gasteiger partial charge in [-0.2, -0.15) is 13.2 Å². The van der Waals surface area contributed by atoms with Crippen molar-refractivity contribution in [3.05, 3.63) is 0 Å². The average Bonchev–Trinajstić information content (AvgIpc) is 2.16. The first-order valence-corrected chi connectivity index (χ1v) is 5.33. The maximum atomic E-state index is 12.1. The van der Waals surface area contributed by atoms with Gasteiger partial charge in [0, 0.05) is 6.04 Å². The van der Waals surface area contributed by atoms with Gasteiger partial charge in [-0.1, -0.05) is 13.8 Å². The molecule has 0 aliphatic carbocycles. The number of halogens is 3. The number of ether oxygens (including phenoxy) is 1. The Morgan fingerprint density at radius 3 is 2.27 bits per heavy atom. The van der Waals surface area contributed by atoms with Gasteiger partial charge in [-0.05, 0) is 26.3 Å². The molecule has 0 spiro atoms. The summed E-state index contributed by atoms with van der Waals surface area (Å²) in [7, 11) is 0. The molecule has 0 fully saturated rings. The maximum Gasteiger partial charge on any atom is 0.414 e. The van der Waals surface area contributed by atoms with Crippen LogP contribution in [0.1, 0.15) is 33.6 Å². The monoisotopic (exact) mass is 227 g/mol. The summed E-state index contributed by atoms with van der Waals surface area (Å²) in [5.41, 5.74) is 0. The first-order valence-electron chi connectivity index (χ1n) is 5.33. The van der Waals surface area contributed by atoms with E-state index in [9.17, 15) is 13.2 Å². The molecule has 5 heteroatoms. The van der Waals surface area contributed by atoms with Crippen molar-refractivity contribution in [3.63, 3.8) is 0 Å². The van der Waals surface area contributed by atoms with Gasteiger partial charge in [0.2, 0.25) is 0 Å². The lowest BCUT2D eigenvalue weighted by atomic mass is 10.2. The zero-order valence-electron chi connectivity index (χ0n) is 9.53. The standard InChI is InChI=1S/C10H20F3NO/c1-4-6-14-9(5-2)7-15-8(3)10(11,12)13/h8-9,14H,4-7H2,1-3H3. The van der Waals surface area contributed by atoms with Crippen molar-refractivity contribution < 1.29 is 17.9 Å². The predicted octanol–water partition coefficient (Wildman–Crippen LogP) is 2.73. The fourth-order valence-electron chi connectivity index (χ4n) is 1.02. The second-order valence-electron chi connectivity index (χ2n) is 3.58. The second-order valence-corrected chi connectivity index (χ2v) is 3.58. The first kappa shape index (κ1) is 14.7. The van der Waals surface area contributed by atoms with Crippen molar-refractivity contribution in [3.8, 4) is 0 Å². The quantitative estimate of drug-likeness (QED) is 0.722. The van der Waals surface area contributed by atoms with Crippen molar-refractivity contribution >= 4 is 0 Å². The van der Waals surface area contributed by atoms with E-state index < -0.39 is 12.3 Å². The number of hydrogen-bond acceptors (Lipinski definition) is 2. The molecular weight excluding hydrogens is 207 g/mol. The minimum atomic E-state index is -4.26. The molecule has 0 bridgehead atoms. The first-order chi connectivity index (χ1) is 6.91. The molecule has 0 aromatic carbocycles. The number of rotatable bonds is 7. The molecule has 0 amide bonds. The molecule has 1 N–H and O–H groups in total. The molecule has 0 aliphatic heterocycles.